The Hall–Kier alpha value is -1.76. The summed E-state index contributed by atoms with van der Waals surface area (Å²) in [4.78, 5) is 26.8. The molecule has 29 heavy (non-hydrogen) atoms. The number of benzene rings is 2. The third kappa shape index (κ3) is 7.21. The van der Waals surface area contributed by atoms with Crippen LogP contribution in [0.5, 0.6) is 0 Å². The van der Waals surface area contributed by atoms with Gasteiger partial charge in [0, 0.05) is 28.9 Å². The molecule has 0 heterocycles. The van der Waals surface area contributed by atoms with Gasteiger partial charge in [-0.15, -0.1) is 11.8 Å². The normalized spacial score (nSPS) is 11.8. The van der Waals surface area contributed by atoms with Crippen LogP contribution in [0.15, 0.2) is 42.5 Å². The minimum absolute atomic E-state index is 0.179. The van der Waals surface area contributed by atoms with Crippen LogP contribution < -0.4 is 5.32 Å². The van der Waals surface area contributed by atoms with Crippen LogP contribution in [0.25, 0.3) is 0 Å². The second-order valence-electron chi connectivity index (χ2n) is 6.45. The molecule has 2 amide bonds. The van der Waals surface area contributed by atoms with Gasteiger partial charge in [0.2, 0.25) is 11.8 Å². The number of amides is 2. The summed E-state index contributed by atoms with van der Waals surface area (Å²) in [5.74, 6) is 0.0524. The maximum Gasteiger partial charge on any atom is 0.242 e. The second-order valence-corrected chi connectivity index (χ2v) is 8.28. The molecule has 0 unspecified atom stereocenters. The van der Waals surface area contributed by atoms with Crippen molar-refractivity contribution in [1.82, 2.24) is 10.2 Å². The number of halogens is 3. The second kappa shape index (κ2) is 11.4. The summed E-state index contributed by atoms with van der Waals surface area (Å²) in [7, 11) is 0. The van der Waals surface area contributed by atoms with Gasteiger partial charge in [-0.3, -0.25) is 9.59 Å². The average molecular weight is 457 g/mol. The SMILES string of the molecule is CCNC(=O)[C@@H](C)N(Cc1ccc(Cl)cc1Cl)C(=O)CSCc1ccc(F)cc1. The van der Waals surface area contributed by atoms with Gasteiger partial charge in [-0.25, -0.2) is 4.39 Å². The lowest BCUT2D eigenvalue weighted by molar-refractivity contribution is -0.138. The predicted octanol–water partition coefficient (Wildman–Crippen LogP) is 4.92. The quantitative estimate of drug-likeness (QED) is 0.582. The fraction of sp³-hybridized carbons (Fsp3) is 0.333. The molecule has 0 saturated carbocycles. The lowest BCUT2D eigenvalue weighted by Crippen LogP contribution is -2.48. The first-order valence-corrected chi connectivity index (χ1v) is 11.1. The van der Waals surface area contributed by atoms with Gasteiger partial charge >= 0.3 is 0 Å². The van der Waals surface area contributed by atoms with Gasteiger partial charge in [0.1, 0.15) is 11.9 Å². The van der Waals surface area contributed by atoms with Crippen molar-refractivity contribution in [1.29, 1.82) is 0 Å². The third-order valence-corrected chi connectivity index (χ3v) is 5.86. The molecule has 0 fully saturated rings. The molecule has 0 radical (unpaired) electrons. The topological polar surface area (TPSA) is 49.4 Å². The molecule has 0 saturated heterocycles. The lowest BCUT2D eigenvalue weighted by atomic mass is 10.1. The Balaban J connectivity index is 2.09. The molecule has 0 bridgehead atoms. The molecular weight excluding hydrogens is 434 g/mol. The van der Waals surface area contributed by atoms with Crippen LogP contribution in [0.2, 0.25) is 10.0 Å². The van der Waals surface area contributed by atoms with E-state index in [1.165, 1.54) is 28.8 Å². The molecule has 4 nitrogen and oxygen atoms in total. The van der Waals surface area contributed by atoms with E-state index in [0.29, 0.717) is 27.9 Å². The first-order valence-electron chi connectivity index (χ1n) is 9.15. The van der Waals surface area contributed by atoms with Crippen molar-refractivity contribution in [2.75, 3.05) is 12.3 Å². The zero-order valence-corrected chi connectivity index (χ0v) is 18.6. The van der Waals surface area contributed by atoms with Crippen molar-refractivity contribution in [2.24, 2.45) is 0 Å². The first kappa shape index (κ1) is 23.5. The Morgan fingerprint density at radius 1 is 1.17 bits per heavy atom. The number of nitrogens with zero attached hydrogens (tertiary/aromatic N) is 1. The first-order chi connectivity index (χ1) is 13.8. The van der Waals surface area contributed by atoms with E-state index in [1.807, 2.05) is 6.92 Å². The van der Waals surface area contributed by atoms with Crippen molar-refractivity contribution in [2.45, 2.75) is 32.2 Å². The number of rotatable bonds is 9. The Bertz CT molecular complexity index is 849. The summed E-state index contributed by atoms with van der Waals surface area (Å²) in [6, 6.07) is 10.6. The van der Waals surface area contributed by atoms with E-state index in [4.69, 9.17) is 23.2 Å². The van der Waals surface area contributed by atoms with E-state index >= 15 is 0 Å². The average Bonchev–Trinajstić information content (AvgIpc) is 2.68. The summed E-state index contributed by atoms with van der Waals surface area (Å²) < 4.78 is 13.0. The van der Waals surface area contributed by atoms with Gasteiger partial charge in [0.15, 0.2) is 0 Å². The standard InChI is InChI=1S/C21H23Cl2FN2O2S/c1-3-25-21(28)14(2)26(11-16-6-7-17(22)10-19(16)23)20(27)13-29-12-15-4-8-18(24)9-5-15/h4-10,14H,3,11-13H2,1-2H3,(H,25,28)/t14-/m1/s1. The van der Waals surface area contributed by atoms with E-state index in [2.05, 4.69) is 5.32 Å². The number of likely N-dealkylation sites (N-methyl/N-ethyl adjacent to an activating group) is 1. The molecule has 156 valence electrons. The molecule has 0 aromatic heterocycles. The molecule has 0 spiro atoms. The lowest BCUT2D eigenvalue weighted by Gasteiger charge is -2.29. The molecule has 1 N–H and O–H groups in total. The van der Waals surface area contributed by atoms with Gasteiger partial charge in [-0.1, -0.05) is 41.4 Å². The highest BCUT2D eigenvalue weighted by atomic mass is 35.5. The number of carbonyl (C=O) groups is 2. The fourth-order valence-electron chi connectivity index (χ4n) is 2.66. The summed E-state index contributed by atoms with van der Waals surface area (Å²) in [6.07, 6.45) is 0. The number of nitrogens with one attached hydrogen (secondary N) is 1. The van der Waals surface area contributed by atoms with Gasteiger partial charge in [0.25, 0.3) is 0 Å². The zero-order chi connectivity index (χ0) is 21.4. The summed E-state index contributed by atoms with van der Waals surface area (Å²) >= 11 is 13.6. The number of hydrogen-bond donors (Lipinski definition) is 1. The molecule has 0 aliphatic rings. The van der Waals surface area contributed by atoms with Crippen molar-refractivity contribution in [3.63, 3.8) is 0 Å². The van der Waals surface area contributed by atoms with E-state index in [0.717, 1.165) is 5.56 Å². The molecule has 2 aromatic rings. The van der Waals surface area contributed by atoms with Gasteiger partial charge in [0.05, 0.1) is 5.75 Å². The molecular formula is C21H23Cl2FN2O2S. The fourth-order valence-corrected chi connectivity index (χ4v) is 4.00. The third-order valence-electron chi connectivity index (χ3n) is 4.28. The van der Waals surface area contributed by atoms with E-state index in [1.54, 1.807) is 37.3 Å². The molecule has 2 rings (SSSR count). The predicted molar refractivity (Wildman–Crippen MR) is 118 cm³/mol. The van der Waals surface area contributed by atoms with Gasteiger partial charge < -0.3 is 10.2 Å². The monoisotopic (exact) mass is 456 g/mol. The number of hydrogen-bond acceptors (Lipinski definition) is 3. The van der Waals surface area contributed by atoms with E-state index < -0.39 is 6.04 Å². The van der Waals surface area contributed by atoms with Crippen LogP contribution in [0.3, 0.4) is 0 Å². The van der Waals surface area contributed by atoms with Crippen molar-refractivity contribution >= 4 is 46.8 Å². The van der Waals surface area contributed by atoms with Crippen LogP contribution in [-0.2, 0) is 21.9 Å². The molecule has 0 aliphatic carbocycles. The Morgan fingerprint density at radius 3 is 2.48 bits per heavy atom. The maximum absolute atomic E-state index is 13.0. The molecule has 8 heteroatoms. The Labute approximate surface area is 184 Å². The zero-order valence-electron chi connectivity index (χ0n) is 16.3. The number of carbonyl (C=O) groups excluding carboxylic acids is 2. The van der Waals surface area contributed by atoms with E-state index in [9.17, 15) is 14.0 Å². The maximum atomic E-state index is 13.0. The Kier molecular flexibility index (Phi) is 9.27. The van der Waals surface area contributed by atoms with E-state index in [-0.39, 0.29) is 29.9 Å². The van der Waals surface area contributed by atoms with Crippen molar-refractivity contribution in [3.05, 3.63) is 69.5 Å². The van der Waals surface area contributed by atoms with Crippen LogP contribution in [-0.4, -0.2) is 35.1 Å². The molecule has 1 atom stereocenters. The van der Waals surface area contributed by atoms with Gasteiger partial charge in [-0.05, 0) is 49.2 Å². The van der Waals surface area contributed by atoms with Crippen molar-refractivity contribution < 1.29 is 14.0 Å². The smallest absolute Gasteiger partial charge is 0.242 e. The highest BCUT2D eigenvalue weighted by molar-refractivity contribution is 7.99. The molecule has 2 aromatic carbocycles. The van der Waals surface area contributed by atoms with Gasteiger partial charge in [-0.2, -0.15) is 0 Å². The minimum Gasteiger partial charge on any atom is -0.355 e. The van der Waals surface area contributed by atoms with Crippen LogP contribution in [0, 0.1) is 5.82 Å². The highest BCUT2D eigenvalue weighted by Gasteiger charge is 2.26. The summed E-state index contributed by atoms with van der Waals surface area (Å²) in [5, 5.41) is 3.69. The molecule has 0 aliphatic heterocycles. The highest BCUT2D eigenvalue weighted by Crippen LogP contribution is 2.24. The van der Waals surface area contributed by atoms with Crippen molar-refractivity contribution in [3.8, 4) is 0 Å². The summed E-state index contributed by atoms with van der Waals surface area (Å²) in [5.41, 5.74) is 1.64. The minimum atomic E-state index is -0.652. The van der Waals surface area contributed by atoms with Crippen LogP contribution >= 0.6 is 35.0 Å². The summed E-state index contributed by atoms with van der Waals surface area (Å²) in [6.45, 7) is 4.19. The Morgan fingerprint density at radius 2 is 1.86 bits per heavy atom. The van der Waals surface area contributed by atoms with Crippen LogP contribution in [0.1, 0.15) is 25.0 Å². The van der Waals surface area contributed by atoms with Crippen LogP contribution in [0.4, 0.5) is 4.39 Å². The largest absolute Gasteiger partial charge is 0.355 e. The number of thioether (sulfide) groups is 1.